The molecular weight excluding hydrogens is 196 g/mol. The molecule has 0 saturated carbocycles. The molecule has 0 rings (SSSR count). The van der Waals surface area contributed by atoms with Crippen LogP contribution in [-0.2, 0) is 0 Å². The van der Waals surface area contributed by atoms with Gasteiger partial charge in [-0.3, -0.25) is 0 Å². The maximum absolute atomic E-state index is 3.99. The predicted octanol–water partition coefficient (Wildman–Crippen LogP) is 2.99. The number of aliphatic imine (C=N–C) groups is 1. The van der Waals surface area contributed by atoms with Crippen LogP contribution < -0.4 is 0 Å². The van der Waals surface area contributed by atoms with Gasteiger partial charge >= 0.3 is 0 Å². The average molecular weight is 217 g/mol. The van der Waals surface area contributed by atoms with Gasteiger partial charge in [0, 0.05) is 5.57 Å². The van der Waals surface area contributed by atoms with E-state index in [1.807, 2.05) is 30.7 Å². The molecule has 0 heterocycles. The first-order valence-corrected chi connectivity index (χ1v) is 5.23. The van der Waals surface area contributed by atoms with Crippen LogP contribution in [0.2, 0.25) is 0 Å². The minimum Gasteiger partial charge on any atom is -0.233 e. The van der Waals surface area contributed by atoms with Crippen molar-refractivity contribution in [1.82, 2.24) is 0 Å². The summed E-state index contributed by atoms with van der Waals surface area (Å²) in [6.45, 7) is 11.7. The second-order valence-corrected chi connectivity index (χ2v) is 3.36. The van der Waals surface area contributed by atoms with Crippen LogP contribution in [-0.4, -0.2) is 30.7 Å². The Morgan fingerprint density at radius 3 is 2.31 bits per heavy atom. The largest absolute Gasteiger partial charge is 0.279 e. The molecule has 0 fully saturated rings. The Morgan fingerprint density at radius 2 is 1.94 bits per heavy atom. The third-order valence-corrected chi connectivity index (χ3v) is 2.28. The molecule has 0 saturated heterocycles. The van der Waals surface area contributed by atoms with Crippen LogP contribution in [0.4, 0.5) is 0 Å². The van der Waals surface area contributed by atoms with E-state index in [1.54, 1.807) is 19.5 Å². The number of hydrogen-bond donors (Lipinski definition) is 0. The summed E-state index contributed by atoms with van der Waals surface area (Å²) in [5, 5.41) is 0. The van der Waals surface area contributed by atoms with Crippen LogP contribution in [0.25, 0.3) is 0 Å². The van der Waals surface area contributed by atoms with Crippen molar-refractivity contribution in [2.24, 2.45) is 4.99 Å². The monoisotopic (exact) mass is 217 g/mol. The van der Waals surface area contributed by atoms with Crippen molar-refractivity contribution in [3.05, 3.63) is 48.6 Å². The highest BCUT2D eigenvalue weighted by Crippen LogP contribution is 2.12. The molecule has 0 amide bonds. The Morgan fingerprint density at radius 1 is 1.31 bits per heavy atom. The van der Waals surface area contributed by atoms with Crippen molar-refractivity contribution in [2.75, 3.05) is 14.1 Å². The van der Waals surface area contributed by atoms with Gasteiger partial charge in [-0.1, -0.05) is 36.4 Å². The van der Waals surface area contributed by atoms with Gasteiger partial charge in [-0.15, -0.1) is 0 Å². The second-order valence-electron chi connectivity index (χ2n) is 3.36. The lowest BCUT2D eigenvalue weighted by Crippen LogP contribution is -2.16. The fraction of sp³-hybridized carbons (Fsp3) is 0.286. The standard InChI is InChI=1S/C14H21N2/c1-7-10-13(12(4)8-2)14(9-3)16(6)11-15-5/h7-11H,1,3H2,2,4-6H3/q+1/b12-8-,13-10+,15-11?,16-14?. The first-order chi connectivity index (χ1) is 7.62. The van der Waals surface area contributed by atoms with Gasteiger partial charge in [0.25, 0.3) is 6.34 Å². The summed E-state index contributed by atoms with van der Waals surface area (Å²) in [6, 6.07) is 0. The molecule has 16 heavy (non-hydrogen) atoms. The Balaban J connectivity index is 5.68. The molecule has 0 aliphatic heterocycles. The molecular formula is C14H21N2+. The van der Waals surface area contributed by atoms with Crippen LogP contribution in [0.15, 0.2) is 53.6 Å². The van der Waals surface area contributed by atoms with Crippen molar-refractivity contribution in [3.8, 4) is 0 Å². The lowest BCUT2D eigenvalue weighted by molar-refractivity contribution is -0.358. The van der Waals surface area contributed by atoms with Crippen LogP contribution in [0.1, 0.15) is 13.8 Å². The fourth-order valence-electron chi connectivity index (χ4n) is 1.37. The van der Waals surface area contributed by atoms with E-state index in [-0.39, 0.29) is 0 Å². The molecule has 0 atom stereocenters. The molecule has 0 aliphatic carbocycles. The fourth-order valence-corrected chi connectivity index (χ4v) is 1.37. The first kappa shape index (κ1) is 14.3. The molecule has 0 radical (unpaired) electrons. The number of nitrogens with zero attached hydrogens (tertiary/aromatic N) is 2. The number of rotatable bonds is 5. The van der Waals surface area contributed by atoms with Crippen LogP contribution in [0.3, 0.4) is 0 Å². The normalized spacial score (nSPS) is 15.0. The SMILES string of the molecule is C=C/C=C(C(C=C)=[N+](C)C=NC)\C(C)=C/C. The summed E-state index contributed by atoms with van der Waals surface area (Å²) in [5.74, 6) is 0. The van der Waals surface area contributed by atoms with Gasteiger partial charge in [0.15, 0.2) is 0 Å². The van der Waals surface area contributed by atoms with E-state index in [0.717, 1.165) is 11.3 Å². The molecule has 0 aromatic carbocycles. The zero-order chi connectivity index (χ0) is 12.6. The van der Waals surface area contributed by atoms with Crippen LogP contribution >= 0.6 is 0 Å². The van der Waals surface area contributed by atoms with E-state index in [1.165, 1.54) is 5.57 Å². The summed E-state index contributed by atoms with van der Waals surface area (Å²) in [5.41, 5.74) is 3.31. The Hall–Kier alpha value is -1.70. The van der Waals surface area contributed by atoms with Crippen molar-refractivity contribution in [1.29, 1.82) is 0 Å². The summed E-state index contributed by atoms with van der Waals surface area (Å²) in [7, 11) is 3.69. The summed E-state index contributed by atoms with van der Waals surface area (Å²) < 4.78 is 1.94. The van der Waals surface area contributed by atoms with E-state index >= 15 is 0 Å². The highest BCUT2D eigenvalue weighted by Gasteiger charge is 2.09. The highest BCUT2D eigenvalue weighted by atomic mass is 15.0. The molecule has 0 spiro atoms. The molecule has 2 nitrogen and oxygen atoms in total. The second kappa shape index (κ2) is 7.57. The van der Waals surface area contributed by atoms with Gasteiger partial charge in [0.1, 0.15) is 12.8 Å². The molecule has 0 bridgehead atoms. The van der Waals surface area contributed by atoms with E-state index in [4.69, 9.17) is 0 Å². The quantitative estimate of drug-likeness (QED) is 0.291. The van der Waals surface area contributed by atoms with Crippen LogP contribution in [0.5, 0.6) is 0 Å². The Bertz CT molecular complexity index is 380. The minimum absolute atomic E-state index is 1.01. The van der Waals surface area contributed by atoms with Crippen LogP contribution in [0, 0.1) is 0 Å². The molecule has 0 aromatic heterocycles. The predicted molar refractivity (Wildman–Crippen MR) is 73.5 cm³/mol. The maximum Gasteiger partial charge on any atom is 0.279 e. The van der Waals surface area contributed by atoms with Crippen molar-refractivity contribution in [2.45, 2.75) is 13.8 Å². The summed E-state index contributed by atoms with van der Waals surface area (Å²) in [6.07, 6.45) is 9.41. The number of hydrogen-bond acceptors (Lipinski definition) is 1. The molecule has 0 aliphatic rings. The average Bonchev–Trinajstić information content (AvgIpc) is 2.28. The van der Waals surface area contributed by atoms with Gasteiger partial charge in [-0.2, -0.15) is 0 Å². The van der Waals surface area contributed by atoms with Crippen molar-refractivity contribution >= 4 is 12.1 Å². The lowest BCUT2D eigenvalue weighted by Gasteiger charge is -2.07. The maximum atomic E-state index is 3.99. The van der Waals surface area contributed by atoms with E-state index in [0.29, 0.717) is 0 Å². The third kappa shape index (κ3) is 3.81. The van der Waals surface area contributed by atoms with E-state index in [9.17, 15) is 0 Å². The molecule has 0 N–H and O–H groups in total. The van der Waals surface area contributed by atoms with Crippen molar-refractivity contribution in [3.63, 3.8) is 0 Å². The van der Waals surface area contributed by atoms with Crippen molar-refractivity contribution < 1.29 is 4.58 Å². The highest BCUT2D eigenvalue weighted by molar-refractivity contribution is 6.08. The summed E-state index contributed by atoms with van der Waals surface area (Å²) in [4.78, 5) is 3.99. The minimum atomic E-state index is 1.01. The van der Waals surface area contributed by atoms with Gasteiger partial charge in [0.2, 0.25) is 0 Å². The zero-order valence-electron chi connectivity index (χ0n) is 10.7. The van der Waals surface area contributed by atoms with Gasteiger partial charge in [-0.25, -0.2) is 4.58 Å². The zero-order valence-corrected chi connectivity index (χ0v) is 10.7. The Labute approximate surface area is 98.7 Å². The topological polar surface area (TPSA) is 15.4 Å². The van der Waals surface area contributed by atoms with Gasteiger partial charge < -0.3 is 0 Å². The molecule has 0 unspecified atom stereocenters. The van der Waals surface area contributed by atoms with E-state index in [2.05, 4.69) is 31.2 Å². The van der Waals surface area contributed by atoms with Gasteiger partial charge in [0.05, 0.1) is 7.05 Å². The molecule has 2 heteroatoms. The molecule has 86 valence electrons. The third-order valence-electron chi connectivity index (χ3n) is 2.28. The lowest BCUT2D eigenvalue weighted by atomic mass is 10.0. The first-order valence-electron chi connectivity index (χ1n) is 5.23. The summed E-state index contributed by atoms with van der Waals surface area (Å²) >= 11 is 0. The smallest absolute Gasteiger partial charge is 0.233 e. The molecule has 0 aromatic rings. The number of allylic oxidation sites excluding steroid dienone is 6. The van der Waals surface area contributed by atoms with E-state index < -0.39 is 0 Å². The Kier molecular flexibility index (Phi) is 6.77. The van der Waals surface area contributed by atoms with Gasteiger partial charge in [-0.05, 0) is 25.5 Å².